The Hall–Kier alpha value is -2.64. The highest BCUT2D eigenvalue weighted by atomic mass is 19.1. The molecule has 0 saturated heterocycles. The fourth-order valence-corrected chi connectivity index (χ4v) is 2.59. The van der Waals surface area contributed by atoms with Crippen LogP contribution in [-0.2, 0) is 14.3 Å². The van der Waals surface area contributed by atoms with Gasteiger partial charge in [-0.25, -0.2) is 14.0 Å². The zero-order valence-corrected chi connectivity index (χ0v) is 14.8. The minimum atomic E-state index is -1.16. The monoisotopic (exact) mass is 366 g/mol. The number of benzene rings is 1. The smallest absolute Gasteiger partial charge is 0.347 e. The lowest BCUT2D eigenvalue weighted by molar-refractivity contribution is -0.160. The summed E-state index contributed by atoms with van der Waals surface area (Å²) in [4.78, 5) is 35.7. The molecule has 142 valence electrons. The second-order valence-corrected chi connectivity index (χ2v) is 6.24. The number of urea groups is 1. The minimum Gasteiger partial charge on any atom is -0.479 e. The van der Waals surface area contributed by atoms with E-state index in [1.165, 1.54) is 38.1 Å². The third-order valence-corrected chi connectivity index (χ3v) is 4.05. The normalized spacial score (nSPS) is 16.4. The molecule has 26 heavy (non-hydrogen) atoms. The number of halogens is 1. The van der Waals surface area contributed by atoms with Crippen molar-refractivity contribution < 1.29 is 28.2 Å². The Kier molecular flexibility index (Phi) is 6.94. The third-order valence-electron chi connectivity index (χ3n) is 4.05. The van der Waals surface area contributed by atoms with Crippen LogP contribution in [0, 0.1) is 5.82 Å². The summed E-state index contributed by atoms with van der Waals surface area (Å²) >= 11 is 0. The van der Waals surface area contributed by atoms with Crippen molar-refractivity contribution in [3.05, 3.63) is 30.1 Å². The number of hydrogen-bond donors (Lipinski definition) is 2. The summed E-state index contributed by atoms with van der Waals surface area (Å²) in [6.07, 6.45) is 1.74. The minimum absolute atomic E-state index is 0.0739. The molecular formula is C18H23FN2O5. The second-order valence-electron chi connectivity index (χ2n) is 6.24. The van der Waals surface area contributed by atoms with Crippen molar-refractivity contribution in [3.8, 4) is 5.75 Å². The molecule has 1 aliphatic rings. The lowest BCUT2D eigenvalue weighted by Crippen LogP contribution is -2.47. The van der Waals surface area contributed by atoms with Crippen LogP contribution in [0.4, 0.5) is 9.18 Å². The maximum Gasteiger partial charge on any atom is 0.347 e. The van der Waals surface area contributed by atoms with Gasteiger partial charge in [-0.15, -0.1) is 0 Å². The van der Waals surface area contributed by atoms with Crippen molar-refractivity contribution in [3.63, 3.8) is 0 Å². The highest BCUT2D eigenvalue weighted by Crippen LogP contribution is 2.17. The van der Waals surface area contributed by atoms with Crippen LogP contribution >= 0.6 is 0 Å². The largest absolute Gasteiger partial charge is 0.479 e. The fourth-order valence-electron chi connectivity index (χ4n) is 2.59. The van der Waals surface area contributed by atoms with E-state index in [-0.39, 0.29) is 6.04 Å². The molecule has 2 atom stereocenters. The third kappa shape index (κ3) is 6.02. The number of rotatable bonds is 6. The zero-order valence-electron chi connectivity index (χ0n) is 14.8. The van der Waals surface area contributed by atoms with Gasteiger partial charge in [-0.1, -0.05) is 12.8 Å². The molecule has 0 spiro atoms. The van der Waals surface area contributed by atoms with E-state index in [2.05, 4.69) is 10.6 Å². The molecular weight excluding hydrogens is 343 g/mol. The van der Waals surface area contributed by atoms with Crippen molar-refractivity contribution in [1.29, 1.82) is 0 Å². The lowest BCUT2D eigenvalue weighted by Gasteiger charge is -2.18. The number of ether oxygens (including phenoxy) is 2. The Morgan fingerprint density at radius 1 is 1.08 bits per heavy atom. The van der Waals surface area contributed by atoms with Crippen molar-refractivity contribution >= 4 is 17.9 Å². The van der Waals surface area contributed by atoms with Crippen LogP contribution in [0.15, 0.2) is 24.3 Å². The molecule has 0 radical (unpaired) electrons. The van der Waals surface area contributed by atoms with Crippen LogP contribution in [0.3, 0.4) is 0 Å². The number of esters is 1. The molecule has 0 aromatic heterocycles. The maximum atomic E-state index is 12.9. The molecule has 0 unspecified atom stereocenters. The van der Waals surface area contributed by atoms with Crippen LogP contribution in [-0.4, -0.2) is 36.2 Å². The van der Waals surface area contributed by atoms with Crippen molar-refractivity contribution in [1.82, 2.24) is 10.6 Å². The highest BCUT2D eigenvalue weighted by molar-refractivity contribution is 5.97. The van der Waals surface area contributed by atoms with Gasteiger partial charge in [0.05, 0.1) is 0 Å². The summed E-state index contributed by atoms with van der Waals surface area (Å²) in [6.45, 7) is 2.81. The number of hydrogen-bond acceptors (Lipinski definition) is 5. The zero-order chi connectivity index (χ0) is 19.1. The van der Waals surface area contributed by atoms with E-state index in [1.54, 1.807) is 0 Å². The molecule has 1 aromatic rings. The predicted molar refractivity (Wildman–Crippen MR) is 91.0 cm³/mol. The van der Waals surface area contributed by atoms with E-state index >= 15 is 0 Å². The van der Waals surface area contributed by atoms with Gasteiger partial charge in [0.1, 0.15) is 11.6 Å². The standard InChI is InChI=1S/C18H23FN2O5/c1-11(16(22)21-18(24)20-14-5-3-4-6-14)26-17(23)12(2)25-15-9-7-13(19)8-10-15/h7-12,14H,3-6H2,1-2H3,(H2,20,21,22,24)/t11-,12+/m1/s1. The van der Waals surface area contributed by atoms with Gasteiger partial charge >= 0.3 is 12.0 Å². The van der Waals surface area contributed by atoms with E-state index in [0.29, 0.717) is 5.75 Å². The van der Waals surface area contributed by atoms with Gasteiger partial charge in [0.15, 0.2) is 12.2 Å². The Balaban J connectivity index is 1.76. The molecule has 0 heterocycles. The summed E-state index contributed by atoms with van der Waals surface area (Å²) in [5.41, 5.74) is 0. The van der Waals surface area contributed by atoms with Crippen molar-refractivity contribution in [2.75, 3.05) is 0 Å². The number of carbonyl (C=O) groups is 3. The molecule has 1 aliphatic carbocycles. The first kappa shape index (κ1) is 19.7. The summed E-state index contributed by atoms with van der Waals surface area (Å²) < 4.78 is 23.2. The van der Waals surface area contributed by atoms with Crippen LogP contribution in [0.2, 0.25) is 0 Å². The molecule has 7 nitrogen and oxygen atoms in total. The Morgan fingerprint density at radius 2 is 1.69 bits per heavy atom. The van der Waals surface area contributed by atoms with E-state index < -0.39 is 35.9 Å². The molecule has 1 fully saturated rings. The number of nitrogens with one attached hydrogen (secondary N) is 2. The Labute approximate surface area is 151 Å². The number of amides is 3. The Morgan fingerprint density at radius 3 is 2.31 bits per heavy atom. The fraction of sp³-hybridized carbons (Fsp3) is 0.500. The summed E-state index contributed by atoms with van der Waals surface area (Å²) in [7, 11) is 0. The molecule has 0 aliphatic heterocycles. The van der Waals surface area contributed by atoms with Gasteiger partial charge in [0.25, 0.3) is 5.91 Å². The molecule has 2 N–H and O–H groups in total. The lowest BCUT2D eigenvalue weighted by atomic mass is 10.2. The predicted octanol–water partition coefficient (Wildman–Crippen LogP) is 2.29. The van der Waals surface area contributed by atoms with Gasteiger partial charge in [-0.3, -0.25) is 10.1 Å². The van der Waals surface area contributed by atoms with Crippen LogP contribution in [0.5, 0.6) is 5.75 Å². The maximum absolute atomic E-state index is 12.9. The van der Waals surface area contributed by atoms with E-state index in [4.69, 9.17) is 9.47 Å². The van der Waals surface area contributed by atoms with Crippen molar-refractivity contribution in [2.45, 2.75) is 57.8 Å². The van der Waals surface area contributed by atoms with Gasteiger partial charge in [-0.05, 0) is 51.0 Å². The van der Waals surface area contributed by atoms with Crippen LogP contribution in [0.1, 0.15) is 39.5 Å². The van der Waals surface area contributed by atoms with E-state index in [1.807, 2.05) is 0 Å². The summed E-state index contributed by atoms with van der Waals surface area (Å²) in [5, 5.41) is 4.87. The van der Waals surface area contributed by atoms with E-state index in [0.717, 1.165) is 25.7 Å². The first-order valence-corrected chi connectivity index (χ1v) is 8.59. The first-order valence-electron chi connectivity index (χ1n) is 8.59. The van der Waals surface area contributed by atoms with Gasteiger partial charge in [0, 0.05) is 6.04 Å². The average Bonchev–Trinajstić information content (AvgIpc) is 3.09. The van der Waals surface area contributed by atoms with Crippen molar-refractivity contribution in [2.24, 2.45) is 0 Å². The van der Waals surface area contributed by atoms with Gasteiger partial charge in [0.2, 0.25) is 0 Å². The average molecular weight is 366 g/mol. The molecule has 0 bridgehead atoms. The quantitative estimate of drug-likeness (QED) is 0.754. The summed E-state index contributed by atoms with van der Waals surface area (Å²) in [6, 6.07) is 4.63. The SMILES string of the molecule is C[C@H](Oc1ccc(F)cc1)C(=O)O[C@H](C)C(=O)NC(=O)NC1CCCC1. The molecule has 8 heteroatoms. The van der Waals surface area contributed by atoms with Gasteiger partial charge in [-0.2, -0.15) is 0 Å². The van der Waals surface area contributed by atoms with Crippen LogP contribution < -0.4 is 15.4 Å². The first-order chi connectivity index (χ1) is 12.3. The molecule has 3 amide bonds. The van der Waals surface area contributed by atoms with E-state index in [9.17, 15) is 18.8 Å². The van der Waals surface area contributed by atoms with Crippen LogP contribution in [0.25, 0.3) is 0 Å². The topological polar surface area (TPSA) is 93.7 Å². The molecule has 2 rings (SSSR count). The van der Waals surface area contributed by atoms with Gasteiger partial charge < -0.3 is 14.8 Å². The number of carbonyl (C=O) groups excluding carboxylic acids is 3. The number of imide groups is 1. The highest BCUT2D eigenvalue weighted by Gasteiger charge is 2.25. The molecule has 1 aromatic carbocycles. The second kappa shape index (κ2) is 9.17. The Bertz CT molecular complexity index is 643. The molecule has 1 saturated carbocycles. The summed E-state index contributed by atoms with van der Waals surface area (Å²) in [5.74, 6) is -1.62.